The van der Waals surface area contributed by atoms with Crippen molar-refractivity contribution in [1.29, 1.82) is 0 Å². The van der Waals surface area contributed by atoms with Crippen LogP contribution in [0.2, 0.25) is 0 Å². The minimum absolute atomic E-state index is 0.0973. The second-order valence-corrected chi connectivity index (χ2v) is 11.0. The standard InChI is InChI=1S/C29H25F7N2O3S/c1-41-25-8-2-15(3-9-26(39)40)10-22(25)20-5-4-17(28(31,32)33)14-21(20)23-6-7-24-27(37-42-38(23)24)16-11-18(29(34,35)36)13-19(30)12-16/h2,4-5,8,10-14,23-24,27,37H,3,6-7,9H2,1H3,(H,39,40)/t23-,24?,27+/m0/s1. The van der Waals surface area contributed by atoms with Gasteiger partial charge in [0.1, 0.15) is 11.6 Å². The Morgan fingerprint density at radius 3 is 2.38 bits per heavy atom. The first kappa shape index (κ1) is 30.2. The monoisotopic (exact) mass is 614 g/mol. The minimum Gasteiger partial charge on any atom is -0.496 e. The number of carboxylic acids is 1. The van der Waals surface area contributed by atoms with Gasteiger partial charge in [0, 0.05) is 36.2 Å². The summed E-state index contributed by atoms with van der Waals surface area (Å²) in [7, 11) is 1.42. The van der Waals surface area contributed by atoms with Crippen LogP contribution in [0, 0.1) is 5.82 Å². The van der Waals surface area contributed by atoms with Crippen LogP contribution in [0.4, 0.5) is 30.7 Å². The van der Waals surface area contributed by atoms with Gasteiger partial charge in [-0.05, 0) is 84.0 Å². The zero-order chi connectivity index (χ0) is 30.4. The Hall–Kier alpha value is -3.29. The largest absolute Gasteiger partial charge is 0.496 e. The highest BCUT2D eigenvalue weighted by atomic mass is 32.2. The zero-order valence-electron chi connectivity index (χ0n) is 22.0. The maximum atomic E-state index is 14.2. The molecule has 0 aromatic heterocycles. The number of hydrogen-bond acceptors (Lipinski definition) is 5. The molecular weight excluding hydrogens is 589 g/mol. The lowest BCUT2D eigenvalue weighted by Crippen LogP contribution is -2.26. The zero-order valence-corrected chi connectivity index (χ0v) is 22.8. The summed E-state index contributed by atoms with van der Waals surface area (Å²) < 4.78 is 106. The molecular formula is C29H25F7N2O3S. The number of aliphatic carboxylic acids is 1. The molecule has 2 N–H and O–H groups in total. The SMILES string of the molecule is COc1ccc(CCC(=O)O)cc1-c1ccc(C(F)(F)F)cc1[C@@H]1CCC2[C@@H](c3cc(F)cc(C(F)(F)F)c3)NSN21. The predicted molar refractivity (Wildman–Crippen MR) is 142 cm³/mol. The van der Waals surface area contributed by atoms with Crippen LogP contribution in [0.25, 0.3) is 11.1 Å². The number of methoxy groups -OCH3 is 1. The van der Waals surface area contributed by atoms with Gasteiger partial charge in [0.15, 0.2) is 0 Å². The summed E-state index contributed by atoms with van der Waals surface area (Å²) in [5.41, 5.74) is 0.0585. The first-order chi connectivity index (χ1) is 19.8. The highest BCUT2D eigenvalue weighted by molar-refractivity contribution is 7.95. The highest BCUT2D eigenvalue weighted by Crippen LogP contribution is 2.52. The van der Waals surface area contributed by atoms with E-state index >= 15 is 0 Å². The van der Waals surface area contributed by atoms with Crippen molar-refractivity contribution >= 4 is 18.1 Å². The molecule has 3 aromatic rings. The van der Waals surface area contributed by atoms with E-state index in [0.717, 1.165) is 36.4 Å². The fourth-order valence-corrected chi connectivity index (χ4v) is 6.86. The van der Waals surface area contributed by atoms with Crippen molar-refractivity contribution in [1.82, 2.24) is 9.03 Å². The molecule has 0 spiro atoms. The van der Waals surface area contributed by atoms with E-state index in [1.54, 1.807) is 18.2 Å². The summed E-state index contributed by atoms with van der Waals surface area (Å²) >= 11 is 1.08. The second kappa shape index (κ2) is 11.4. The Morgan fingerprint density at radius 1 is 0.976 bits per heavy atom. The first-order valence-electron chi connectivity index (χ1n) is 12.9. The molecule has 2 aliphatic rings. The fourth-order valence-electron chi connectivity index (χ4n) is 5.63. The number of benzene rings is 3. The molecule has 2 aliphatic heterocycles. The Labute approximate surface area is 240 Å². The van der Waals surface area contributed by atoms with E-state index in [0.29, 0.717) is 46.9 Å². The van der Waals surface area contributed by atoms with Crippen molar-refractivity contribution in [2.75, 3.05) is 7.11 Å². The number of rotatable bonds is 7. The molecule has 3 aromatic carbocycles. The maximum Gasteiger partial charge on any atom is 0.416 e. The molecule has 13 heteroatoms. The van der Waals surface area contributed by atoms with Crippen LogP contribution in [0.3, 0.4) is 0 Å². The third-order valence-corrected chi connectivity index (χ3v) is 8.66. The maximum absolute atomic E-state index is 14.2. The lowest BCUT2D eigenvalue weighted by molar-refractivity contribution is -0.138. The number of aryl methyl sites for hydroxylation is 1. The summed E-state index contributed by atoms with van der Waals surface area (Å²) in [6.45, 7) is 0. The van der Waals surface area contributed by atoms with Crippen LogP contribution in [0.5, 0.6) is 5.75 Å². The summed E-state index contributed by atoms with van der Waals surface area (Å²) in [5, 5.41) is 9.10. The van der Waals surface area contributed by atoms with Crippen molar-refractivity contribution in [3.8, 4) is 16.9 Å². The lowest BCUT2D eigenvalue weighted by Gasteiger charge is -2.26. The number of carbonyl (C=O) groups is 1. The van der Waals surface area contributed by atoms with Gasteiger partial charge < -0.3 is 9.84 Å². The number of fused-ring (bicyclic) bond motifs is 1. The van der Waals surface area contributed by atoms with E-state index in [1.807, 2.05) is 4.31 Å². The number of nitrogens with zero attached hydrogens (tertiary/aromatic N) is 1. The highest BCUT2D eigenvalue weighted by Gasteiger charge is 2.47. The molecule has 5 nitrogen and oxygen atoms in total. The van der Waals surface area contributed by atoms with E-state index in [-0.39, 0.29) is 18.4 Å². The van der Waals surface area contributed by atoms with Gasteiger partial charge in [-0.2, -0.15) is 26.3 Å². The Morgan fingerprint density at radius 2 is 1.71 bits per heavy atom. The average Bonchev–Trinajstić information content (AvgIpc) is 3.52. The normalized spacial score (nSPS) is 21.0. The quantitative estimate of drug-likeness (QED) is 0.208. The number of carboxylic acid groups (broad SMARTS) is 1. The number of halogens is 7. The molecule has 3 atom stereocenters. The molecule has 2 fully saturated rings. The molecule has 0 radical (unpaired) electrons. The fraction of sp³-hybridized carbons (Fsp3) is 0.345. The van der Waals surface area contributed by atoms with Gasteiger partial charge in [0.05, 0.1) is 24.3 Å². The van der Waals surface area contributed by atoms with Gasteiger partial charge in [-0.25, -0.2) is 13.4 Å². The summed E-state index contributed by atoms with van der Waals surface area (Å²) in [5.74, 6) is -1.64. The Kier molecular flexibility index (Phi) is 8.20. The number of alkyl halides is 6. The minimum atomic E-state index is -4.74. The summed E-state index contributed by atoms with van der Waals surface area (Å²) in [4.78, 5) is 11.1. The van der Waals surface area contributed by atoms with E-state index in [2.05, 4.69) is 4.72 Å². The molecule has 0 amide bonds. The Balaban J connectivity index is 1.55. The van der Waals surface area contributed by atoms with Crippen molar-refractivity contribution in [2.24, 2.45) is 0 Å². The average molecular weight is 615 g/mol. The van der Waals surface area contributed by atoms with E-state index in [9.17, 15) is 35.5 Å². The van der Waals surface area contributed by atoms with Gasteiger partial charge in [0.2, 0.25) is 0 Å². The van der Waals surface area contributed by atoms with Gasteiger partial charge >= 0.3 is 18.3 Å². The van der Waals surface area contributed by atoms with Gasteiger partial charge in [-0.1, -0.05) is 12.1 Å². The van der Waals surface area contributed by atoms with Crippen molar-refractivity contribution in [3.05, 3.63) is 88.2 Å². The van der Waals surface area contributed by atoms with Gasteiger partial charge in [0.25, 0.3) is 0 Å². The number of ether oxygens (including phenoxy) is 1. The van der Waals surface area contributed by atoms with Crippen molar-refractivity contribution in [3.63, 3.8) is 0 Å². The molecule has 0 saturated carbocycles. The van der Waals surface area contributed by atoms with E-state index < -0.39 is 53.4 Å². The smallest absolute Gasteiger partial charge is 0.416 e. The van der Waals surface area contributed by atoms with Crippen LogP contribution in [-0.2, 0) is 23.6 Å². The van der Waals surface area contributed by atoms with E-state index in [4.69, 9.17) is 9.84 Å². The molecule has 0 aliphatic carbocycles. The Bertz CT molecular complexity index is 1500. The lowest BCUT2D eigenvalue weighted by atomic mass is 9.90. The van der Waals surface area contributed by atoms with Crippen LogP contribution in [-0.4, -0.2) is 28.5 Å². The molecule has 1 unspecified atom stereocenters. The third-order valence-electron chi connectivity index (χ3n) is 7.57. The van der Waals surface area contributed by atoms with E-state index in [1.165, 1.54) is 13.2 Å². The molecule has 2 heterocycles. The second-order valence-electron chi connectivity index (χ2n) is 10.2. The molecule has 2 saturated heterocycles. The topological polar surface area (TPSA) is 61.8 Å². The molecule has 42 heavy (non-hydrogen) atoms. The van der Waals surface area contributed by atoms with Crippen LogP contribution >= 0.6 is 12.1 Å². The van der Waals surface area contributed by atoms with Crippen LogP contribution in [0.15, 0.2) is 54.6 Å². The van der Waals surface area contributed by atoms with Crippen molar-refractivity contribution in [2.45, 2.75) is 56.2 Å². The predicted octanol–water partition coefficient (Wildman–Crippen LogP) is 7.97. The third kappa shape index (κ3) is 6.09. The number of nitrogens with one attached hydrogen (secondary N) is 1. The molecule has 5 rings (SSSR count). The van der Waals surface area contributed by atoms with Gasteiger partial charge in [-0.15, -0.1) is 0 Å². The molecule has 0 bridgehead atoms. The van der Waals surface area contributed by atoms with Crippen LogP contribution in [0.1, 0.15) is 59.2 Å². The van der Waals surface area contributed by atoms with Crippen LogP contribution < -0.4 is 9.46 Å². The number of hydrogen-bond donors (Lipinski definition) is 2. The van der Waals surface area contributed by atoms with Crippen molar-refractivity contribution < 1.29 is 45.4 Å². The first-order valence-corrected chi connectivity index (χ1v) is 13.7. The summed E-state index contributed by atoms with van der Waals surface area (Å²) in [6.07, 6.45) is -8.48. The molecule has 224 valence electrons. The summed E-state index contributed by atoms with van der Waals surface area (Å²) in [6, 6.07) is 9.09. The van der Waals surface area contributed by atoms with Gasteiger partial charge in [-0.3, -0.25) is 4.79 Å².